The van der Waals surface area contributed by atoms with Crippen molar-refractivity contribution >= 4 is 47.2 Å². The minimum absolute atomic E-state index is 0.138. The van der Waals surface area contributed by atoms with Crippen molar-refractivity contribution < 1.29 is 33.4 Å². The van der Waals surface area contributed by atoms with Crippen molar-refractivity contribution in [3.8, 4) is 5.75 Å². The molecule has 1 aromatic carbocycles. The molecule has 1 saturated heterocycles. The minimum atomic E-state index is -1.19. The van der Waals surface area contributed by atoms with E-state index in [1.807, 2.05) is 0 Å². The highest BCUT2D eigenvalue weighted by Crippen LogP contribution is 2.40. The maximum atomic E-state index is 13.0. The predicted molar refractivity (Wildman–Crippen MR) is 125 cm³/mol. The van der Waals surface area contributed by atoms with Gasteiger partial charge < -0.3 is 24.4 Å². The van der Waals surface area contributed by atoms with Crippen molar-refractivity contribution in [1.29, 1.82) is 0 Å². The lowest BCUT2D eigenvalue weighted by molar-refractivity contribution is -0.170. The smallest absolute Gasteiger partial charge is 0.411 e. The van der Waals surface area contributed by atoms with Crippen LogP contribution in [-0.2, 0) is 23.9 Å². The quantitative estimate of drug-likeness (QED) is 0.422. The number of nitrogens with zero attached hydrogens (tertiary/aromatic N) is 1. The third-order valence-electron chi connectivity index (χ3n) is 4.65. The highest BCUT2D eigenvalue weighted by Gasteiger charge is 2.57. The van der Waals surface area contributed by atoms with Crippen LogP contribution in [-0.4, -0.2) is 65.0 Å². The van der Waals surface area contributed by atoms with Crippen molar-refractivity contribution in [3.63, 3.8) is 0 Å². The summed E-state index contributed by atoms with van der Waals surface area (Å²) in [4.78, 5) is 51.5. The lowest BCUT2D eigenvalue weighted by Gasteiger charge is -2.51. The molecule has 1 aromatic rings. The maximum absolute atomic E-state index is 13.0. The Morgan fingerprint density at radius 2 is 1.91 bits per heavy atom. The number of thioether (sulfide) groups is 1. The summed E-state index contributed by atoms with van der Waals surface area (Å²) in [5, 5.41) is 6.48. The van der Waals surface area contributed by atoms with E-state index in [0.717, 1.165) is 0 Å². The van der Waals surface area contributed by atoms with Gasteiger partial charge >= 0.3 is 12.1 Å². The van der Waals surface area contributed by atoms with Gasteiger partial charge in [0.15, 0.2) is 12.6 Å². The first-order valence-electron chi connectivity index (χ1n) is 10.5. The number of hydrogen-bond donors (Lipinski definition) is 2. The van der Waals surface area contributed by atoms with E-state index < -0.39 is 46.9 Å². The Balaban J connectivity index is 1.70. The van der Waals surface area contributed by atoms with E-state index in [1.54, 1.807) is 57.4 Å². The molecule has 1 fully saturated rings. The molecule has 2 N–H and O–H groups in total. The highest BCUT2D eigenvalue weighted by molar-refractivity contribution is 8.02. The number of hydrogen-bond acceptors (Lipinski definition) is 8. The Kier molecular flexibility index (Phi) is 7.98. The topological polar surface area (TPSA) is 123 Å². The van der Waals surface area contributed by atoms with Gasteiger partial charge in [-0.25, -0.2) is 9.59 Å². The van der Waals surface area contributed by atoms with E-state index in [1.165, 1.54) is 16.7 Å². The Labute approximate surface area is 206 Å². The van der Waals surface area contributed by atoms with Crippen LogP contribution in [0.5, 0.6) is 5.75 Å². The molecule has 12 heteroatoms. The van der Waals surface area contributed by atoms with E-state index in [2.05, 4.69) is 10.6 Å². The van der Waals surface area contributed by atoms with Crippen molar-refractivity contribution in [3.05, 3.63) is 40.4 Å². The molecule has 0 aromatic heterocycles. The number of halogens is 1. The van der Waals surface area contributed by atoms with Crippen LogP contribution < -0.4 is 15.4 Å². The molecule has 0 spiro atoms. The molecule has 3 amide bonds. The van der Waals surface area contributed by atoms with Gasteiger partial charge in [-0.2, -0.15) is 0 Å². The SMILES string of the molecule is CCOC(=O)NC1=CS[C@H]2C(NC(=O)COc3ccccc3Cl)C(=O)N2C1C(=O)OC(C)(C)C. The van der Waals surface area contributed by atoms with Crippen LogP contribution in [0.1, 0.15) is 27.7 Å². The third-order valence-corrected chi connectivity index (χ3v) is 6.13. The number of benzene rings is 1. The summed E-state index contributed by atoms with van der Waals surface area (Å²) in [5.74, 6) is -1.38. The fourth-order valence-electron chi connectivity index (χ4n) is 3.30. The van der Waals surface area contributed by atoms with Gasteiger partial charge in [0, 0.05) is 0 Å². The number of para-hydroxylation sites is 1. The second-order valence-electron chi connectivity index (χ2n) is 8.39. The molecule has 2 aliphatic rings. The molecule has 2 unspecified atom stereocenters. The molecular weight excluding hydrogens is 486 g/mol. The molecule has 0 aliphatic carbocycles. The summed E-state index contributed by atoms with van der Waals surface area (Å²) in [6.45, 7) is 6.53. The van der Waals surface area contributed by atoms with Crippen LogP contribution in [0.2, 0.25) is 5.02 Å². The molecule has 3 rings (SSSR count). The number of esters is 1. The Hall–Kier alpha value is -2.92. The number of rotatable bonds is 7. The summed E-state index contributed by atoms with van der Waals surface area (Å²) < 4.78 is 15.8. The Bertz CT molecular complexity index is 1010. The molecule has 2 aliphatic heterocycles. The zero-order chi connectivity index (χ0) is 25.0. The van der Waals surface area contributed by atoms with Gasteiger partial charge in [-0.3, -0.25) is 14.9 Å². The lowest BCUT2D eigenvalue weighted by Crippen LogP contribution is -2.75. The number of ether oxygens (including phenoxy) is 3. The van der Waals surface area contributed by atoms with Crippen molar-refractivity contribution in [2.75, 3.05) is 13.2 Å². The average molecular weight is 512 g/mol. The van der Waals surface area contributed by atoms with Gasteiger partial charge in [0.05, 0.1) is 17.3 Å². The number of amides is 3. The standard InChI is InChI=1S/C22H26ClN3O7S/c1-5-31-21(30)24-13-11-34-19-16(18(28)26(19)17(13)20(29)33-22(2,3)4)25-15(27)10-32-14-9-7-6-8-12(14)23/h6-9,11,16-17,19H,5,10H2,1-4H3,(H,24,30)(H,25,27)/t16?,17?,19-/m0/s1. The highest BCUT2D eigenvalue weighted by atomic mass is 35.5. The van der Waals surface area contributed by atoms with Gasteiger partial charge in [0.25, 0.3) is 5.91 Å². The van der Waals surface area contributed by atoms with Crippen molar-refractivity contribution in [2.45, 2.75) is 50.8 Å². The maximum Gasteiger partial charge on any atom is 0.411 e. The summed E-state index contributed by atoms with van der Waals surface area (Å²) in [5.41, 5.74) is -0.654. The molecule has 34 heavy (non-hydrogen) atoms. The summed E-state index contributed by atoms with van der Waals surface area (Å²) in [6, 6.07) is 4.64. The van der Waals surface area contributed by atoms with Gasteiger partial charge in [-0.15, -0.1) is 11.8 Å². The summed E-state index contributed by atoms with van der Waals surface area (Å²) in [7, 11) is 0. The van der Waals surface area contributed by atoms with Crippen LogP contribution in [0.15, 0.2) is 35.4 Å². The monoisotopic (exact) mass is 511 g/mol. The van der Waals surface area contributed by atoms with E-state index in [-0.39, 0.29) is 18.9 Å². The molecule has 0 radical (unpaired) electrons. The number of carbonyl (C=O) groups excluding carboxylic acids is 4. The molecule has 2 heterocycles. The lowest BCUT2D eigenvalue weighted by atomic mass is 10.0. The first-order chi connectivity index (χ1) is 16.0. The summed E-state index contributed by atoms with van der Waals surface area (Å²) in [6.07, 6.45) is -0.754. The van der Waals surface area contributed by atoms with Crippen LogP contribution >= 0.6 is 23.4 Å². The van der Waals surface area contributed by atoms with E-state index in [9.17, 15) is 19.2 Å². The zero-order valence-corrected chi connectivity index (χ0v) is 20.7. The Morgan fingerprint density at radius 1 is 1.21 bits per heavy atom. The van der Waals surface area contributed by atoms with Crippen LogP contribution in [0.25, 0.3) is 0 Å². The Morgan fingerprint density at radius 3 is 2.56 bits per heavy atom. The number of fused-ring (bicyclic) bond motifs is 1. The molecule has 184 valence electrons. The number of alkyl carbamates (subject to hydrolysis) is 1. The summed E-state index contributed by atoms with van der Waals surface area (Å²) >= 11 is 7.20. The number of β-lactam (4-membered cyclic amide) rings is 1. The first-order valence-corrected chi connectivity index (χ1v) is 11.8. The van der Waals surface area contributed by atoms with Gasteiger partial charge in [-0.05, 0) is 45.2 Å². The van der Waals surface area contributed by atoms with Gasteiger partial charge in [0.2, 0.25) is 5.91 Å². The first kappa shape index (κ1) is 25.7. The van der Waals surface area contributed by atoms with Crippen molar-refractivity contribution in [2.24, 2.45) is 0 Å². The molecule has 0 bridgehead atoms. The third kappa shape index (κ3) is 5.95. The fourth-order valence-corrected chi connectivity index (χ4v) is 4.66. The molecular formula is C22H26ClN3O7S. The van der Waals surface area contributed by atoms with E-state index in [4.69, 9.17) is 25.8 Å². The minimum Gasteiger partial charge on any atom is -0.482 e. The fraction of sp³-hybridized carbons (Fsp3) is 0.455. The van der Waals surface area contributed by atoms with Crippen LogP contribution in [0.3, 0.4) is 0 Å². The van der Waals surface area contributed by atoms with Crippen LogP contribution in [0, 0.1) is 0 Å². The zero-order valence-electron chi connectivity index (χ0n) is 19.1. The van der Waals surface area contributed by atoms with E-state index >= 15 is 0 Å². The second kappa shape index (κ2) is 10.6. The number of nitrogens with one attached hydrogen (secondary N) is 2. The largest absolute Gasteiger partial charge is 0.482 e. The van der Waals surface area contributed by atoms with E-state index in [0.29, 0.717) is 10.8 Å². The molecule has 3 atom stereocenters. The number of carbonyl (C=O) groups is 4. The van der Waals surface area contributed by atoms with Gasteiger partial charge in [0.1, 0.15) is 22.8 Å². The molecule has 0 saturated carbocycles. The molecule has 10 nitrogen and oxygen atoms in total. The second-order valence-corrected chi connectivity index (χ2v) is 9.79. The van der Waals surface area contributed by atoms with Crippen molar-refractivity contribution in [1.82, 2.24) is 15.5 Å². The predicted octanol–water partition coefficient (Wildman–Crippen LogP) is 2.42. The van der Waals surface area contributed by atoms with Crippen LogP contribution in [0.4, 0.5) is 4.79 Å². The normalized spacial score (nSPS) is 21.4. The van der Waals surface area contributed by atoms with Gasteiger partial charge in [-0.1, -0.05) is 23.7 Å². The average Bonchev–Trinajstić information content (AvgIpc) is 2.75.